The topological polar surface area (TPSA) is 30.0 Å². The fraction of sp³-hybridized carbons (Fsp3) is 0.571. The molecule has 1 aromatic rings. The second-order valence-corrected chi connectivity index (χ2v) is 7.90. The summed E-state index contributed by atoms with van der Waals surface area (Å²) in [5.74, 6) is 0.529. The Balaban J connectivity index is 2.47. The van der Waals surface area contributed by atoms with Gasteiger partial charge in [0, 0.05) is 23.3 Å². The van der Waals surface area contributed by atoms with Crippen molar-refractivity contribution < 1.29 is 4.79 Å². The molecule has 0 saturated carbocycles. The molecule has 1 rings (SSSR count). The van der Waals surface area contributed by atoms with E-state index in [1.807, 2.05) is 25.1 Å². The quantitative estimate of drug-likeness (QED) is 0.684. The van der Waals surface area contributed by atoms with E-state index in [0.29, 0.717) is 12.2 Å². The summed E-state index contributed by atoms with van der Waals surface area (Å²) in [5.41, 5.74) is 0. The van der Waals surface area contributed by atoms with E-state index < -0.39 is 0 Å². The summed E-state index contributed by atoms with van der Waals surface area (Å²) < 4.78 is -0.0529. The van der Waals surface area contributed by atoms with Crippen molar-refractivity contribution in [3.8, 4) is 0 Å². The van der Waals surface area contributed by atoms with Crippen LogP contribution in [0.3, 0.4) is 0 Å². The minimum absolute atomic E-state index is 0.0529. The number of carbonyl (C=O) groups is 1. The molecule has 0 aliphatic rings. The largest absolute Gasteiger partial charge is 0.299 e. The standard InChI is InChI=1S/C14H21NOS2/c1-5-11(2)12(16)10-14(3,4)18-17-13-8-6-7-9-15-13/h6-9,11H,5,10H2,1-4H3. The summed E-state index contributed by atoms with van der Waals surface area (Å²) in [6, 6.07) is 5.88. The Morgan fingerprint density at radius 1 is 1.44 bits per heavy atom. The molecule has 100 valence electrons. The Morgan fingerprint density at radius 3 is 2.72 bits per heavy atom. The van der Waals surface area contributed by atoms with Gasteiger partial charge in [0.05, 0.1) is 0 Å². The van der Waals surface area contributed by atoms with E-state index in [1.165, 1.54) is 0 Å². The Bertz CT molecular complexity index is 379. The number of carbonyl (C=O) groups excluding carboxylic acids is 1. The molecule has 0 fully saturated rings. The molecular weight excluding hydrogens is 262 g/mol. The van der Waals surface area contributed by atoms with Crippen LogP contribution in [0.1, 0.15) is 40.5 Å². The molecule has 0 spiro atoms. The summed E-state index contributed by atoms with van der Waals surface area (Å²) >= 11 is 0. The number of nitrogens with zero attached hydrogens (tertiary/aromatic N) is 1. The monoisotopic (exact) mass is 283 g/mol. The van der Waals surface area contributed by atoms with Crippen LogP contribution in [0.15, 0.2) is 29.4 Å². The SMILES string of the molecule is CCC(C)C(=O)CC(C)(C)SSc1ccccn1. The Kier molecular flexibility index (Phi) is 6.22. The van der Waals surface area contributed by atoms with Gasteiger partial charge in [-0.25, -0.2) is 4.98 Å². The third kappa shape index (κ3) is 5.44. The molecule has 0 aliphatic carbocycles. The predicted octanol–water partition coefficient (Wildman–Crippen LogP) is 4.61. The lowest BCUT2D eigenvalue weighted by molar-refractivity contribution is -0.122. The van der Waals surface area contributed by atoms with Crippen LogP contribution in [0.2, 0.25) is 0 Å². The second-order valence-electron chi connectivity index (χ2n) is 5.05. The predicted molar refractivity (Wildman–Crippen MR) is 80.8 cm³/mol. The highest BCUT2D eigenvalue weighted by Crippen LogP contribution is 2.42. The van der Waals surface area contributed by atoms with Gasteiger partial charge in [-0.3, -0.25) is 4.79 Å². The molecule has 0 saturated heterocycles. The molecule has 1 atom stereocenters. The Labute approximate surface area is 118 Å². The van der Waals surface area contributed by atoms with Crippen LogP contribution in [-0.4, -0.2) is 15.5 Å². The molecule has 0 aliphatic heterocycles. The van der Waals surface area contributed by atoms with Gasteiger partial charge in [-0.05, 0) is 43.2 Å². The number of hydrogen-bond donors (Lipinski definition) is 0. The first-order valence-electron chi connectivity index (χ1n) is 6.24. The maximum atomic E-state index is 12.0. The van der Waals surface area contributed by atoms with Crippen molar-refractivity contribution in [3.05, 3.63) is 24.4 Å². The maximum Gasteiger partial charge on any atom is 0.137 e. The van der Waals surface area contributed by atoms with E-state index in [9.17, 15) is 4.79 Å². The summed E-state index contributed by atoms with van der Waals surface area (Å²) in [4.78, 5) is 16.2. The molecular formula is C14H21NOS2. The molecule has 2 nitrogen and oxygen atoms in total. The van der Waals surface area contributed by atoms with Crippen LogP contribution < -0.4 is 0 Å². The Morgan fingerprint density at radius 2 is 2.17 bits per heavy atom. The van der Waals surface area contributed by atoms with Gasteiger partial charge in [-0.2, -0.15) is 0 Å². The van der Waals surface area contributed by atoms with Crippen LogP contribution in [0, 0.1) is 5.92 Å². The van der Waals surface area contributed by atoms with Gasteiger partial charge in [0.2, 0.25) is 0 Å². The van der Waals surface area contributed by atoms with Crippen molar-refractivity contribution in [1.29, 1.82) is 0 Å². The summed E-state index contributed by atoms with van der Waals surface area (Å²) in [5, 5.41) is 0.992. The van der Waals surface area contributed by atoms with Gasteiger partial charge in [0.1, 0.15) is 10.8 Å². The lowest BCUT2D eigenvalue weighted by Gasteiger charge is -2.23. The zero-order valence-electron chi connectivity index (χ0n) is 11.5. The molecule has 1 unspecified atom stereocenters. The highest BCUT2D eigenvalue weighted by Gasteiger charge is 2.25. The smallest absolute Gasteiger partial charge is 0.137 e. The number of Topliss-reactive ketones (excluding diaryl/α,β-unsaturated/α-hetero) is 1. The van der Waals surface area contributed by atoms with Crippen molar-refractivity contribution >= 4 is 27.4 Å². The third-order valence-corrected chi connectivity index (χ3v) is 5.96. The molecule has 0 bridgehead atoms. The van der Waals surface area contributed by atoms with Gasteiger partial charge < -0.3 is 0 Å². The number of hydrogen-bond acceptors (Lipinski definition) is 4. The first-order valence-corrected chi connectivity index (χ1v) is 8.39. The fourth-order valence-electron chi connectivity index (χ4n) is 1.40. The van der Waals surface area contributed by atoms with Crippen molar-refractivity contribution in [1.82, 2.24) is 4.98 Å². The molecule has 4 heteroatoms. The van der Waals surface area contributed by atoms with Crippen molar-refractivity contribution in [3.63, 3.8) is 0 Å². The molecule has 1 heterocycles. The van der Waals surface area contributed by atoms with Crippen LogP contribution in [0.25, 0.3) is 0 Å². The van der Waals surface area contributed by atoms with Crippen LogP contribution in [0.5, 0.6) is 0 Å². The number of ketones is 1. The van der Waals surface area contributed by atoms with E-state index in [-0.39, 0.29) is 10.7 Å². The molecule has 0 N–H and O–H groups in total. The average Bonchev–Trinajstić information content (AvgIpc) is 2.36. The molecule has 0 aromatic carbocycles. The van der Waals surface area contributed by atoms with E-state index in [1.54, 1.807) is 27.8 Å². The van der Waals surface area contributed by atoms with Gasteiger partial charge in [-0.15, -0.1) is 0 Å². The minimum atomic E-state index is -0.0529. The Hall–Kier alpha value is -0.480. The first kappa shape index (κ1) is 15.6. The summed E-state index contributed by atoms with van der Waals surface area (Å²) in [6.07, 6.45) is 3.33. The van der Waals surface area contributed by atoms with Crippen molar-refractivity contribution in [2.24, 2.45) is 5.92 Å². The number of rotatable bonds is 7. The van der Waals surface area contributed by atoms with Gasteiger partial charge in [0.15, 0.2) is 0 Å². The van der Waals surface area contributed by atoms with E-state index in [2.05, 4.69) is 25.8 Å². The highest BCUT2D eigenvalue weighted by molar-refractivity contribution is 8.77. The second kappa shape index (κ2) is 7.19. The average molecular weight is 283 g/mol. The molecule has 0 radical (unpaired) electrons. The van der Waals surface area contributed by atoms with E-state index >= 15 is 0 Å². The lowest BCUT2D eigenvalue weighted by atomic mass is 9.95. The van der Waals surface area contributed by atoms with Crippen molar-refractivity contribution in [2.45, 2.75) is 50.3 Å². The van der Waals surface area contributed by atoms with E-state index in [4.69, 9.17) is 0 Å². The fourth-order valence-corrected chi connectivity index (χ4v) is 3.56. The van der Waals surface area contributed by atoms with Crippen LogP contribution in [0.4, 0.5) is 0 Å². The highest BCUT2D eigenvalue weighted by atomic mass is 33.1. The molecule has 18 heavy (non-hydrogen) atoms. The van der Waals surface area contributed by atoms with Gasteiger partial charge in [-0.1, -0.05) is 30.7 Å². The lowest BCUT2D eigenvalue weighted by Crippen LogP contribution is -2.23. The third-order valence-electron chi connectivity index (χ3n) is 2.75. The van der Waals surface area contributed by atoms with Gasteiger partial charge in [0.25, 0.3) is 0 Å². The number of pyridine rings is 1. The van der Waals surface area contributed by atoms with Crippen molar-refractivity contribution in [2.75, 3.05) is 0 Å². The first-order chi connectivity index (χ1) is 8.44. The van der Waals surface area contributed by atoms with Crippen LogP contribution >= 0.6 is 21.6 Å². The zero-order valence-corrected chi connectivity index (χ0v) is 13.1. The molecule has 0 amide bonds. The van der Waals surface area contributed by atoms with Gasteiger partial charge >= 0.3 is 0 Å². The number of aromatic nitrogens is 1. The normalized spacial score (nSPS) is 13.3. The van der Waals surface area contributed by atoms with E-state index in [0.717, 1.165) is 11.4 Å². The zero-order chi connectivity index (χ0) is 13.6. The maximum absolute atomic E-state index is 12.0. The minimum Gasteiger partial charge on any atom is -0.299 e. The summed E-state index contributed by atoms with van der Waals surface area (Å²) in [7, 11) is 3.36. The summed E-state index contributed by atoms with van der Waals surface area (Å²) in [6.45, 7) is 8.31. The van der Waals surface area contributed by atoms with Crippen LogP contribution in [-0.2, 0) is 4.79 Å². The molecule has 1 aromatic heterocycles.